The molecule has 20 heavy (non-hydrogen) atoms. The summed E-state index contributed by atoms with van der Waals surface area (Å²) in [4.78, 5) is 0. The third-order valence-electron chi connectivity index (χ3n) is 3.60. The van der Waals surface area contributed by atoms with Crippen LogP contribution < -0.4 is 0 Å². The Balaban J connectivity index is 2.39. The first-order chi connectivity index (χ1) is 9.56. The molecule has 1 N–H and O–H groups in total. The number of aliphatic hydroxyl groups is 1. The van der Waals surface area contributed by atoms with Gasteiger partial charge >= 0.3 is 0 Å². The summed E-state index contributed by atoms with van der Waals surface area (Å²) in [6, 6.07) is 10.4. The quantitative estimate of drug-likeness (QED) is 0.875. The molecule has 1 aromatic heterocycles. The second kappa shape index (κ2) is 6.55. The van der Waals surface area contributed by atoms with E-state index in [1.54, 1.807) is 6.20 Å². The monoisotopic (exact) mass is 336 g/mol. The van der Waals surface area contributed by atoms with Gasteiger partial charge in [0.1, 0.15) is 6.10 Å². The number of aliphatic hydroxyl groups excluding tert-OH is 1. The lowest BCUT2D eigenvalue weighted by molar-refractivity contribution is 0.129. The molecule has 2 rings (SSSR count). The lowest BCUT2D eigenvalue weighted by Crippen LogP contribution is -2.17. The smallest absolute Gasteiger partial charge is 0.104 e. The molecule has 0 bridgehead atoms. The molecule has 2 aromatic rings. The van der Waals surface area contributed by atoms with E-state index < -0.39 is 6.10 Å². The van der Waals surface area contributed by atoms with Crippen molar-refractivity contribution in [3.63, 3.8) is 0 Å². The Hall–Kier alpha value is -1.13. The maximum Gasteiger partial charge on any atom is 0.104 e. The molecule has 0 aliphatic heterocycles. The molecule has 2 atom stereocenters. The normalized spacial score (nSPS) is 14.5. The van der Waals surface area contributed by atoms with Crippen LogP contribution >= 0.6 is 15.9 Å². The molecular formula is C16H21BrN2O. The maximum atomic E-state index is 10.8. The number of halogens is 1. The van der Waals surface area contributed by atoms with Gasteiger partial charge in [-0.2, -0.15) is 5.10 Å². The lowest BCUT2D eigenvalue weighted by atomic mass is 9.89. The Morgan fingerprint density at radius 2 is 1.90 bits per heavy atom. The predicted molar refractivity (Wildman–Crippen MR) is 84.7 cm³/mol. The van der Waals surface area contributed by atoms with Gasteiger partial charge in [-0.25, -0.2) is 0 Å². The first-order valence-electron chi connectivity index (χ1n) is 7.02. The molecule has 4 heteroatoms. The molecule has 0 aliphatic carbocycles. The van der Waals surface area contributed by atoms with Crippen LogP contribution in [-0.4, -0.2) is 14.9 Å². The van der Waals surface area contributed by atoms with Crippen LogP contribution in [0.3, 0.4) is 0 Å². The lowest BCUT2D eigenvalue weighted by Gasteiger charge is -2.24. The Kier molecular flexibility index (Phi) is 5.00. The molecule has 0 fully saturated rings. The second-order valence-corrected chi connectivity index (χ2v) is 6.14. The number of hydrogen-bond donors (Lipinski definition) is 1. The fraction of sp³-hybridized carbons (Fsp3) is 0.438. The van der Waals surface area contributed by atoms with Gasteiger partial charge in [0.15, 0.2) is 0 Å². The molecule has 0 spiro atoms. The molecule has 3 nitrogen and oxygen atoms in total. The van der Waals surface area contributed by atoms with Gasteiger partial charge < -0.3 is 5.11 Å². The molecule has 0 saturated heterocycles. The molecule has 0 aliphatic rings. The molecule has 1 aromatic carbocycles. The van der Waals surface area contributed by atoms with Crippen molar-refractivity contribution in [2.75, 3.05) is 0 Å². The number of nitrogens with zero attached hydrogens (tertiary/aromatic N) is 2. The average Bonchev–Trinajstić information content (AvgIpc) is 2.82. The van der Waals surface area contributed by atoms with Crippen LogP contribution in [0.1, 0.15) is 56.5 Å². The number of aromatic nitrogens is 2. The van der Waals surface area contributed by atoms with Crippen molar-refractivity contribution in [3.8, 4) is 0 Å². The Bertz CT molecular complexity index is 551. The van der Waals surface area contributed by atoms with Crippen molar-refractivity contribution >= 4 is 15.9 Å². The number of hydrogen-bond acceptors (Lipinski definition) is 2. The first kappa shape index (κ1) is 15.3. The van der Waals surface area contributed by atoms with E-state index in [1.807, 2.05) is 22.9 Å². The zero-order valence-corrected chi connectivity index (χ0v) is 13.7. The fourth-order valence-electron chi connectivity index (χ4n) is 2.57. The van der Waals surface area contributed by atoms with Crippen molar-refractivity contribution in [2.24, 2.45) is 0 Å². The van der Waals surface area contributed by atoms with Gasteiger partial charge in [-0.1, -0.05) is 37.3 Å². The van der Waals surface area contributed by atoms with Gasteiger partial charge in [0.05, 0.1) is 16.4 Å². The van der Waals surface area contributed by atoms with Gasteiger partial charge in [0, 0.05) is 12.0 Å². The van der Waals surface area contributed by atoms with E-state index in [0.717, 1.165) is 22.2 Å². The zero-order valence-electron chi connectivity index (χ0n) is 12.1. The van der Waals surface area contributed by atoms with Crippen LogP contribution in [0.25, 0.3) is 0 Å². The van der Waals surface area contributed by atoms with Crippen molar-refractivity contribution in [2.45, 2.75) is 45.3 Å². The zero-order chi connectivity index (χ0) is 14.7. The minimum Gasteiger partial charge on any atom is -0.386 e. The van der Waals surface area contributed by atoms with E-state index in [-0.39, 0.29) is 12.0 Å². The van der Waals surface area contributed by atoms with Crippen LogP contribution in [0.5, 0.6) is 0 Å². The third-order valence-corrected chi connectivity index (χ3v) is 4.22. The van der Waals surface area contributed by atoms with Crippen molar-refractivity contribution in [3.05, 3.63) is 52.3 Å². The van der Waals surface area contributed by atoms with Gasteiger partial charge in [-0.05, 0) is 41.8 Å². The van der Waals surface area contributed by atoms with E-state index >= 15 is 0 Å². The summed E-state index contributed by atoms with van der Waals surface area (Å²) in [7, 11) is 0. The fourth-order valence-corrected chi connectivity index (χ4v) is 3.08. The van der Waals surface area contributed by atoms with E-state index in [4.69, 9.17) is 0 Å². The molecule has 0 radical (unpaired) electrons. The topological polar surface area (TPSA) is 38.1 Å². The summed E-state index contributed by atoms with van der Waals surface area (Å²) in [6.45, 7) is 6.24. The average molecular weight is 337 g/mol. The standard InChI is InChI=1S/C16H21BrN2O/c1-4-13(12-8-6-5-7-9-12)16(20)15-14(17)10-18-19(15)11(2)3/h5-11,13,16,20H,4H2,1-3H3. The summed E-state index contributed by atoms with van der Waals surface area (Å²) in [5.74, 6) is 0.0710. The Morgan fingerprint density at radius 3 is 2.45 bits per heavy atom. The Labute approximate surface area is 128 Å². The van der Waals surface area contributed by atoms with Gasteiger partial charge in [0.25, 0.3) is 0 Å². The summed E-state index contributed by atoms with van der Waals surface area (Å²) in [5.41, 5.74) is 2.02. The van der Waals surface area contributed by atoms with E-state index in [1.165, 1.54) is 0 Å². The summed E-state index contributed by atoms with van der Waals surface area (Å²) < 4.78 is 2.76. The summed E-state index contributed by atoms with van der Waals surface area (Å²) in [5, 5.41) is 15.2. The van der Waals surface area contributed by atoms with Crippen LogP contribution in [-0.2, 0) is 0 Å². The minimum absolute atomic E-state index is 0.0710. The van der Waals surface area contributed by atoms with Crippen molar-refractivity contribution < 1.29 is 5.11 Å². The maximum absolute atomic E-state index is 10.8. The molecular weight excluding hydrogens is 316 g/mol. The summed E-state index contributed by atoms with van der Waals surface area (Å²) >= 11 is 3.51. The van der Waals surface area contributed by atoms with Gasteiger partial charge in [-0.3, -0.25) is 4.68 Å². The highest BCUT2D eigenvalue weighted by Crippen LogP contribution is 2.37. The number of rotatable bonds is 5. The summed E-state index contributed by atoms with van der Waals surface area (Å²) in [6.07, 6.45) is 2.07. The molecule has 1 heterocycles. The molecule has 0 amide bonds. The van der Waals surface area contributed by atoms with Crippen LogP contribution in [0.4, 0.5) is 0 Å². The van der Waals surface area contributed by atoms with Crippen LogP contribution in [0.2, 0.25) is 0 Å². The van der Waals surface area contributed by atoms with E-state index in [0.29, 0.717) is 0 Å². The highest BCUT2D eigenvalue weighted by molar-refractivity contribution is 9.10. The third kappa shape index (κ3) is 2.96. The number of benzene rings is 1. The molecule has 0 saturated carbocycles. The van der Waals surface area contributed by atoms with Crippen LogP contribution in [0, 0.1) is 0 Å². The van der Waals surface area contributed by atoms with E-state index in [2.05, 4.69) is 53.9 Å². The van der Waals surface area contributed by atoms with Crippen molar-refractivity contribution in [1.29, 1.82) is 0 Å². The molecule has 108 valence electrons. The SMILES string of the molecule is CCC(c1ccccc1)C(O)c1c(Br)cnn1C(C)C. The van der Waals surface area contributed by atoms with Gasteiger partial charge in [-0.15, -0.1) is 0 Å². The van der Waals surface area contributed by atoms with Crippen LogP contribution in [0.15, 0.2) is 41.0 Å². The Morgan fingerprint density at radius 1 is 1.25 bits per heavy atom. The largest absolute Gasteiger partial charge is 0.386 e. The predicted octanol–water partition coefficient (Wildman–Crippen LogP) is 4.45. The molecule has 2 unspecified atom stereocenters. The van der Waals surface area contributed by atoms with Crippen molar-refractivity contribution in [1.82, 2.24) is 9.78 Å². The minimum atomic E-state index is -0.568. The highest BCUT2D eigenvalue weighted by Gasteiger charge is 2.27. The highest BCUT2D eigenvalue weighted by atomic mass is 79.9. The first-order valence-corrected chi connectivity index (χ1v) is 7.81. The second-order valence-electron chi connectivity index (χ2n) is 5.29. The van der Waals surface area contributed by atoms with E-state index in [9.17, 15) is 5.11 Å². The van der Waals surface area contributed by atoms with Gasteiger partial charge in [0.2, 0.25) is 0 Å².